The van der Waals surface area contributed by atoms with Gasteiger partial charge in [0.05, 0.1) is 0 Å². The largest absolute Gasteiger partial charge is 0.340 e. The molecule has 23 heavy (non-hydrogen) atoms. The molecule has 1 atom stereocenters. The molecular weight excluding hydrogens is 292 g/mol. The zero-order chi connectivity index (χ0) is 17.0. The Bertz CT molecular complexity index is 689. The van der Waals surface area contributed by atoms with Crippen molar-refractivity contribution in [1.82, 2.24) is 15.1 Å². The van der Waals surface area contributed by atoms with Crippen LogP contribution in [0.2, 0.25) is 0 Å². The van der Waals surface area contributed by atoms with Gasteiger partial charge >= 0.3 is 0 Å². The Kier molecular flexibility index (Phi) is 5.16. The van der Waals surface area contributed by atoms with Crippen LogP contribution in [0.15, 0.2) is 36.5 Å². The van der Waals surface area contributed by atoms with Crippen LogP contribution < -0.4 is 10.6 Å². The summed E-state index contributed by atoms with van der Waals surface area (Å²) in [4.78, 5) is 24.7. The van der Waals surface area contributed by atoms with Gasteiger partial charge in [-0.25, -0.2) is 0 Å². The summed E-state index contributed by atoms with van der Waals surface area (Å²) < 4.78 is 1.60. The van der Waals surface area contributed by atoms with Gasteiger partial charge in [-0.3, -0.25) is 14.3 Å². The van der Waals surface area contributed by atoms with Gasteiger partial charge in [-0.05, 0) is 25.0 Å². The Morgan fingerprint density at radius 2 is 1.78 bits per heavy atom. The highest BCUT2D eigenvalue weighted by Crippen LogP contribution is 2.09. The van der Waals surface area contributed by atoms with E-state index in [1.807, 2.05) is 32.9 Å². The molecule has 0 saturated heterocycles. The minimum absolute atomic E-state index is 0.0480. The number of aryl methyl sites for hydroxylation is 2. The molecule has 0 spiro atoms. The molecule has 1 heterocycles. The maximum Gasteiger partial charge on any atom is 0.251 e. The summed E-state index contributed by atoms with van der Waals surface area (Å²) in [6, 6.07) is 8.31. The predicted molar refractivity (Wildman–Crippen MR) is 89.1 cm³/mol. The molecule has 6 heteroatoms. The summed E-state index contributed by atoms with van der Waals surface area (Å²) in [5, 5.41) is 9.63. The van der Waals surface area contributed by atoms with Gasteiger partial charge in [0.15, 0.2) is 5.82 Å². The first kappa shape index (κ1) is 16.7. The first-order valence-electron chi connectivity index (χ1n) is 7.55. The number of nitrogens with one attached hydrogen (secondary N) is 2. The Morgan fingerprint density at radius 3 is 2.30 bits per heavy atom. The van der Waals surface area contributed by atoms with E-state index in [-0.39, 0.29) is 17.7 Å². The fraction of sp³-hybridized carbons (Fsp3) is 0.353. The number of carbonyl (C=O) groups is 2. The van der Waals surface area contributed by atoms with E-state index in [1.165, 1.54) is 0 Å². The number of amides is 2. The van der Waals surface area contributed by atoms with E-state index >= 15 is 0 Å². The molecule has 0 unspecified atom stereocenters. The van der Waals surface area contributed by atoms with E-state index in [2.05, 4.69) is 15.7 Å². The number of anilines is 1. The third-order valence-electron chi connectivity index (χ3n) is 3.51. The van der Waals surface area contributed by atoms with Crippen molar-refractivity contribution in [3.05, 3.63) is 47.7 Å². The monoisotopic (exact) mass is 314 g/mol. The first-order chi connectivity index (χ1) is 10.9. The van der Waals surface area contributed by atoms with E-state index in [1.54, 1.807) is 36.1 Å². The summed E-state index contributed by atoms with van der Waals surface area (Å²) in [5.41, 5.74) is 1.61. The molecule has 0 radical (unpaired) electrons. The fourth-order valence-corrected chi connectivity index (χ4v) is 2.15. The van der Waals surface area contributed by atoms with Crippen LogP contribution in [0.25, 0.3) is 0 Å². The normalized spacial score (nSPS) is 12.0. The molecule has 0 bridgehead atoms. The van der Waals surface area contributed by atoms with E-state index in [0.29, 0.717) is 11.4 Å². The number of hydrogen-bond acceptors (Lipinski definition) is 3. The molecule has 0 fully saturated rings. The molecule has 2 amide bonds. The topological polar surface area (TPSA) is 76.0 Å². The van der Waals surface area contributed by atoms with Crippen molar-refractivity contribution < 1.29 is 9.59 Å². The molecule has 0 aliphatic rings. The SMILES string of the molecule is Cc1ccc(C(=O)N[C@@H](C(=O)Nc2ccn(C)n2)C(C)C)cc1. The lowest BCUT2D eigenvalue weighted by Gasteiger charge is -2.21. The van der Waals surface area contributed by atoms with Crippen molar-refractivity contribution in [3.63, 3.8) is 0 Å². The number of carbonyl (C=O) groups excluding carboxylic acids is 2. The van der Waals surface area contributed by atoms with Crippen LogP contribution in [-0.2, 0) is 11.8 Å². The zero-order valence-corrected chi connectivity index (χ0v) is 13.8. The highest BCUT2D eigenvalue weighted by Gasteiger charge is 2.25. The molecular formula is C17H22N4O2. The van der Waals surface area contributed by atoms with Gasteiger partial charge in [-0.15, -0.1) is 0 Å². The lowest BCUT2D eigenvalue weighted by Crippen LogP contribution is -2.47. The molecule has 2 rings (SSSR count). The lowest BCUT2D eigenvalue weighted by atomic mass is 10.0. The molecule has 1 aromatic carbocycles. The Morgan fingerprint density at radius 1 is 1.13 bits per heavy atom. The van der Waals surface area contributed by atoms with Crippen LogP contribution in [0.3, 0.4) is 0 Å². The summed E-state index contributed by atoms with van der Waals surface area (Å²) in [5.74, 6) is -0.125. The standard InChI is InChI=1S/C17H22N4O2/c1-11(2)15(17(23)18-14-9-10-21(4)20-14)19-16(22)13-7-5-12(3)6-8-13/h5-11,15H,1-4H3,(H,19,22)(H,18,20,23)/t15-/m1/s1. The molecule has 6 nitrogen and oxygen atoms in total. The summed E-state index contributed by atoms with van der Waals surface area (Å²) in [6.07, 6.45) is 1.74. The first-order valence-corrected chi connectivity index (χ1v) is 7.55. The second-order valence-corrected chi connectivity index (χ2v) is 5.93. The van der Waals surface area contributed by atoms with Gasteiger partial charge in [-0.2, -0.15) is 5.10 Å². The number of nitrogens with zero attached hydrogens (tertiary/aromatic N) is 2. The summed E-state index contributed by atoms with van der Waals surface area (Å²) in [7, 11) is 1.77. The molecule has 122 valence electrons. The Hall–Kier alpha value is -2.63. The van der Waals surface area contributed by atoms with E-state index in [4.69, 9.17) is 0 Å². The van der Waals surface area contributed by atoms with Crippen molar-refractivity contribution >= 4 is 17.6 Å². The van der Waals surface area contributed by atoms with Gasteiger partial charge in [0.2, 0.25) is 5.91 Å². The Balaban J connectivity index is 2.07. The molecule has 0 aliphatic heterocycles. The van der Waals surface area contributed by atoms with Gasteiger partial charge in [0.25, 0.3) is 5.91 Å². The average Bonchev–Trinajstić information content (AvgIpc) is 2.89. The van der Waals surface area contributed by atoms with Crippen molar-refractivity contribution in [2.45, 2.75) is 26.8 Å². The third-order valence-corrected chi connectivity index (χ3v) is 3.51. The minimum Gasteiger partial charge on any atom is -0.340 e. The maximum absolute atomic E-state index is 12.4. The summed E-state index contributed by atoms with van der Waals surface area (Å²) >= 11 is 0. The van der Waals surface area contributed by atoms with Gasteiger partial charge in [-0.1, -0.05) is 31.5 Å². The second-order valence-electron chi connectivity index (χ2n) is 5.93. The van der Waals surface area contributed by atoms with Crippen molar-refractivity contribution in [1.29, 1.82) is 0 Å². The third kappa shape index (κ3) is 4.42. The van der Waals surface area contributed by atoms with Crippen LogP contribution in [0.1, 0.15) is 29.8 Å². The number of rotatable bonds is 5. The highest BCUT2D eigenvalue weighted by atomic mass is 16.2. The molecule has 2 N–H and O–H groups in total. The van der Waals surface area contributed by atoms with Crippen LogP contribution >= 0.6 is 0 Å². The van der Waals surface area contributed by atoms with Crippen LogP contribution in [0.5, 0.6) is 0 Å². The number of aromatic nitrogens is 2. The summed E-state index contributed by atoms with van der Waals surface area (Å²) in [6.45, 7) is 5.73. The van der Waals surface area contributed by atoms with Crippen molar-refractivity contribution in [3.8, 4) is 0 Å². The van der Waals surface area contributed by atoms with Crippen LogP contribution in [0, 0.1) is 12.8 Å². The number of hydrogen-bond donors (Lipinski definition) is 2. The minimum atomic E-state index is -0.634. The maximum atomic E-state index is 12.4. The highest BCUT2D eigenvalue weighted by molar-refractivity contribution is 6.00. The molecule has 1 aromatic heterocycles. The lowest BCUT2D eigenvalue weighted by molar-refractivity contribution is -0.118. The fourth-order valence-electron chi connectivity index (χ4n) is 2.15. The van der Waals surface area contributed by atoms with Gasteiger partial charge in [0, 0.05) is 24.9 Å². The van der Waals surface area contributed by atoms with Gasteiger partial charge in [0.1, 0.15) is 6.04 Å². The van der Waals surface area contributed by atoms with Gasteiger partial charge < -0.3 is 10.6 Å². The van der Waals surface area contributed by atoms with Crippen LogP contribution in [0.4, 0.5) is 5.82 Å². The smallest absolute Gasteiger partial charge is 0.251 e. The van der Waals surface area contributed by atoms with E-state index in [9.17, 15) is 9.59 Å². The molecule has 0 aliphatic carbocycles. The van der Waals surface area contributed by atoms with Crippen molar-refractivity contribution in [2.75, 3.05) is 5.32 Å². The number of benzene rings is 1. The predicted octanol–water partition coefficient (Wildman–Crippen LogP) is 2.12. The second kappa shape index (κ2) is 7.09. The average molecular weight is 314 g/mol. The van der Waals surface area contributed by atoms with E-state index in [0.717, 1.165) is 5.56 Å². The zero-order valence-electron chi connectivity index (χ0n) is 13.8. The van der Waals surface area contributed by atoms with E-state index < -0.39 is 6.04 Å². The quantitative estimate of drug-likeness (QED) is 0.887. The van der Waals surface area contributed by atoms with Crippen molar-refractivity contribution in [2.24, 2.45) is 13.0 Å². The Labute approximate surface area is 135 Å². The molecule has 0 saturated carbocycles. The van der Waals surface area contributed by atoms with Crippen LogP contribution in [-0.4, -0.2) is 27.6 Å². The molecule has 2 aromatic rings.